The van der Waals surface area contributed by atoms with Crippen LogP contribution in [0.4, 0.5) is 0 Å². The van der Waals surface area contributed by atoms with Crippen LogP contribution in [0.15, 0.2) is 12.3 Å². The Labute approximate surface area is 96.4 Å². The number of hydrogen-bond donors (Lipinski definition) is 1. The van der Waals surface area contributed by atoms with Crippen LogP contribution < -0.4 is 5.32 Å². The highest BCUT2D eigenvalue weighted by molar-refractivity contribution is 5.02. The Balaban J connectivity index is 1.91. The molecule has 1 aliphatic rings. The third kappa shape index (κ3) is 3.00. The quantitative estimate of drug-likeness (QED) is 0.839. The Morgan fingerprint density at radius 2 is 2.44 bits per heavy atom. The average Bonchev–Trinajstić information content (AvgIpc) is 2.28. The van der Waals surface area contributed by atoms with Crippen LogP contribution in [0.3, 0.4) is 0 Å². The lowest BCUT2D eigenvalue weighted by atomic mass is 9.95. The minimum absolute atomic E-state index is 0.0943. The summed E-state index contributed by atoms with van der Waals surface area (Å²) < 4.78 is 5.50. The second-order valence-electron chi connectivity index (χ2n) is 4.67. The molecule has 2 heterocycles. The molecule has 1 N–H and O–H groups in total. The van der Waals surface area contributed by atoms with Gasteiger partial charge in [-0.05, 0) is 32.8 Å². The molecule has 1 saturated heterocycles. The molecule has 1 atom stereocenters. The minimum Gasteiger partial charge on any atom is -0.380 e. The maximum Gasteiger partial charge on any atom is 0.125 e. The number of aryl methyl sites for hydroxylation is 1. The molecule has 2 rings (SSSR count). The number of aromatic nitrogens is 2. The Morgan fingerprint density at radius 3 is 3.12 bits per heavy atom. The van der Waals surface area contributed by atoms with E-state index in [0.29, 0.717) is 0 Å². The maximum absolute atomic E-state index is 5.50. The van der Waals surface area contributed by atoms with Gasteiger partial charge in [0.15, 0.2) is 0 Å². The van der Waals surface area contributed by atoms with Crippen molar-refractivity contribution >= 4 is 0 Å². The minimum atomic E-state index is 0.0943. The first-order chi connectivity index (χ1) is 7.68. The first kappa shape index (κ1) is 11.5. The Hall–Kier alpha value is -1.00. The highest BCUT2D eigenvalue weighted by Gasteiger charge is 2.26. The Kier molecular flexibility index (Phi) is 3.51. The molecule has 0 aromatic carbocycles. The lowest BCUT2D eigenvalue weighted by Crippen LogP contribution is -2.48. The Bertz CT molecular complexity index is 348. The maximum atomic E-state index is 5.50. The van der Waals surface area contributed by atoms with Gasteiger partial charge >= 0.3 is 0 Å². The van der Waals surface area contributed by atoms with Crippen LogP contribution in [-0.2, 0) is 11.3 Å². The molecule has 0 radical (unpaired) electrons. The van der Waals surface area contributed by atoms with E-state index in [1.165, 1.54) is 0 Å². The van der Waals surface area contributed by atoms with Gasteiger partial charge in [-0.25, -0.2) is 9.97 Å². The first-order valence-corrected chi connectivity index (χ1v) is 5.79. The monoisotopic (exact) mass is 221 g/mol. The summed E-state index contributed by atoms with van der Waals surface area (Å²) >= 11 is 0. The predicted octanol–water partition coefficient (Wildman–Crippen LogP) is 1.44. The zero-order chi connectivity index (χ0) is 11.4. The fourth-order valence-corrected chi connectivity index (χ4v) is 1.98. The fraction of sp³-hybridized carbons (Fsp3) is 0.667. The van der Waals surface area contributed by atoms with Gasteiger partial charge in [0.2, 0.25) is 0 Å². The van der Waals surface area contributed by atoms with Gasteiger partial charge in [0.05, 0.1) is 12.3 Å². The first-order valence-electron chi connectivity index (χ1n) is 5.79. The number of nitrogens with zero attached hydrogens (tertiary/aromatic N) is 2. The molecule has 1 unspecified atom stereocenters. The topological polar surface area (TPSA) is 47.0 Å². The standard InChI is InChI=1S/C12H19N3O/c1-10-13-6-4-11(15-10)8-14-12(2)5-3-7-16-9-12/h4,6,14H,3,5,7-9H2,1-2H3. The summed E-state index contributed by atoms with van der Waals surface area (Å²) in [7, 11) is 0. The molecule has 1 aromatic heterocycles. The van der Waals surface area contributed by atoms with Gasteiger partial charge in [0, 0.05) is 24.9 Å². The van der Waals surface area contributed by atoms with Crippen molar-refractivity contribution in [2.24, 2.45) is 0 Å². The van der Waals surface area contributed by atoms with E-state index in [1.807, 2.05) is 13.0 Å². The van der Waals surface area contributed by atoms with Crippen LogP contribution in [0.5, 0.6) is 0 Å². The van der Waals surface area contributed by atoms with Gasteiger partial charge in [-0.1, -0.05) is 0 Å². The van der Waals surface area contributed by atoms with Crippen molar-refractivity contribution in [2.45, 2.75) is 38.8 Å². The van der Waals surface area contributed by atoms with Gasteiger partial charge in [-0.3, -0.25) is 0 Å². The number of rotatable bonds is 3. The molecule has 4 heteroatoms. The highest BCUT2D eigenvalue weighted by atomic mass is 16.5. The zero-order valence-corrected chi connectivity index (χ0v) is 9.99. The summed E-state index contributed by atoms with van der Waals surface area (Å²) in [5, 5.41) is 3.53. The van der Waals surface area contributed by atoms with Crippen LogP contribution in [0.1, 0.15) is 31.3 Å². The molecular weight excluding hydrogens is 202 g/mol. The lowest BCUT2D eigenvalue weighted by molar-refractivity contribution is 0.0276. The molecule has 0 spiro atoms. The summed E-state index contributed by atoms with van der Waals surface area (Å²) in [6, 6.07) is 1.95. The Morgan fingerprint density at radius 1 is 1.56 bits per heavy atom. The summed E-state index contributed by atoms with van der Waals surface area (Å²) in [4.78, 5) is 8.46. The van der Waals surface area contributed by atoms with Crippen molar-refractivity contribution in [3.05, 3.63) is 23.8 Å². The van der Waals surface area contributed by atoms with Crippen LogP contribution in [0.2, 0.25) is 0 Å². The third-order valence-electron chi connectivity index (χ3n) is 2.97. The number of nitrogens with one attached hydrogen (secondary N) is 1. The molecular formula is C12H19N3O. The van der Waals surface area contributed by atoms with Crippen molar-refractivity contribution in [1.29, 1.82) is 0 Å². The lowest BCUT2D eigenvalue weighted by Gasteiger charge is -2.34. The van der Waals surface area contributed by atoms with Gasteiger partial charge in [-0.2, -0.15) is 0 Å². The smallest absolute Gasteiger partial charge is 0.125 e. The van der Waals surface area contributed by atoms with Crippen LogP contribution in [0.25, 0.3) is 0 Å². The van der Waals surface area contributed by atoms with E-state index in [1.54, 1.807) is 6.20 Å². The summed E-state index contributed by atoms with van der Waals surface area (Å²) in [5.41, 5.74) is 1.14. The largest absolute Gasteiger partial charge is 0.380 e. The van der Waals surface area contributed by atoms with Crippen LogP contribution in [-0.4, -0.2) is 28.7 Å². The molecule has 0 aliphatic carbocycles. The summed E-state index contributed by atoms with van der Waals surface area (Å²) in [6.45, 7) is 6.58. The van der Waals surface area contributed by atoms with Crippen molar-refractivity contribution < 1.29 is 4.74 Å². The molecule has 16 heavy (non-hydrogen) atoms. The van der Waals surface area contributed by atoms with Crippen molar-refractivity contribution in [1.82, 2.24) is 15.3 Å². The molecule has 1 aliphatic heterocycles. The fourth-order valence-electron chi connectivity index (χ4n) is 1.98. The normalized spacial score (nSPS) is 25.6. The van der Waals surface area contributed by atoms with Crippen molar-refractivity contribution in [2.75, 3.05) is 13.2 Å². The molecule has 0 bridgehead atoms. The van der Waals surface area contributed by atoms with E-state index in [-0.39, 0.29) is 5.54 Å². The van der Waals surface area contributed by atoms with Crippen LogP contribution in [0, 0.1) is 6.92 Å². The predicted molar refractivity (Wildman–Crippen MR) is 62.1 cm³/mol. The van der Waals surface area contributed by atoms with Gasteiger partial charge < -0.3 is 10.1 Å². The highest BCUT2D eigenvalue weighted by Crippen LogP contribution is 2.18. The summed E-state index contributed by atoms with van der Waals surface area (Å²) in [5.74, 6) is 0.823. The van der Waals surface area contributed by atoms with E-state index in [0.717, 1.165) is 44.1 Å². The van der Waals surface area contributed by atoms with Gasteiger partial charge in [-0.15, -0.1) is 0 Å². The molecule has 1 fully saturated rings. The molecule has 0 saturated carbocycles. The van der Waals surface area contributed by atoms with E-state index < -0.39 is 0 Å². The molecule has 88 valence electrons. The second kappa shape index (κ2) is 4.89. The van der Waals surface area contributed by atoms with E-state index in [2.05, 4.69) is 22.2 Å². The van der Waals surface area contributed by atoms with E-state index in [4.69, 9.17) is 4.74 Å². The number of ether oxygens (including phenoxy) is 1. The van der Waals surface area contributed by atoms with Crippen molar-refractivity contribution in [3.63, 3.8) is 0 Å². The SMILES string of the molecule is Cc1nccc(CNC2(C)CCCOC2)n1. The van der Waals surface area contributed by atoms with Crippen molar-refractivity contribution in [3.8, 4) is 0 Å². The summed E-state index contributed by atoms with van der Waals surface area (Å²) in [6.07, 6.45) is 4.10. The van der Waals surface area contributed by atoms with E-state index >= 15 is 0 Å². The molecule has 4 nitrogen and oxygen atoms in total. The number of hydrogen-bond acceptors (Lipinski definition) is 4. The van der Waals surface area contributed by atoms with Gasteiger partial charge in [0.1, 0.15) is 5.82 Å². The molecule has 1 aromatic rings. The van der Waals surface area contributed by atoms with Gasteiger partial charge in [0.25, 0.3) is 0 Å². The van der Waals surface area contributed by atoms with E-state index in [9.17, 15) is 0 Å². The second-order valence-corrected chi connectivity index (χ2v) is 4.67. The van der Waals surface area contributed by atoms with Crippen LogP contribution >= 0.6 is 0 Å². The third-order valence-corrected chi connectivity index (χ3v) is 2.97. The average molecular weight is 221 g/mol. The zero-order valence-electron chi connectivity index (χ0n) is 9.99. The molecule has 0 amide bonds.